The lowest BCUT2D eigenvalue weighted by molar-refractivity contribution is -0.352. The lowest BCUT2D eigenvalue weighted by Crippen LogP contribution is -2.65. The van der Waals surface area contributed by atoms with Crippen molar-refractivity contribution in [2.75, 3.05) is 27.4 Å². The molecule has 2 heterocycles. The lowest BCUT2D eigenvalue weighted by atomic mass is 9.97. The fourth-order valence-corrected chi connectivity index (χ4v) is 4.56. The van der Waals surface area contributed by atoms with E-state index in [1.54, 1.807) is 44.6 Å². The molecule has 0 aliphatic carbocycles. The van der Waals surface area contributed by atoms with Gasteiger partial charge in [0, 0.05) is 6.07 Å². The van der Waals surface area contributed by atoms with Crippen LogP contribution in [0.4, 0.5) is 0 Å². The maximum Gasteiger partial charge on any atom is 0.229 e. The fourth-order valence-electron chi connectivity index (χ4n) is 4.56. The summed E-state index contributed by atoms with van der Waals surface area (Å²) in [7, 11) is 3.14. The molecule has 2 fully saturated rings. The minimum Gasteiger partial charge on any atom is -0.497 e. The molecule has 41 heavy (non-hydrogen) atoms. The van der Waals surface area contributed by atoms with Crippen LogP contribution in [0.3, 0.4) is 0 Å². The summed E-state index contributed by atoms with van der Waals surface area (Å²) in [5.41, 5.74) is 1.69. The first kappa shape index (κ1) is 31.1. The zero-order valence-corrected chi connectivity index (χ0v) is 22.5. The van der Waals surface area contributed by atoms with Gasteiger partial charge in [0.05, 0.1) is 27.4 Å². The zero-order chi connectivity index (χ0) is 29.7. The molecule has 0 aromatic heterocycles. The van der Waals surface area contributed by atoms with Crippen LogP contribution < -0.4 is 14.2 Å². The molecule has 4 rings (SSSR count). The van der Waals surface area contributed by atoms with E-state index in [-0.39, 0.29) is 0 Å². The third-order valence-corrected chi connectivity index (χ3v) is 6.94. The molecule has 0 spiro atoms. The summed E-state index contributed by atoms with van der Waals surface area (Å²) in [5, 5.41) is 71.1. The van der Waals surface area contributed by atoms with Crippen molar-refractivity contribution < 1.29 is 64.2 Å². The van der Waals surface area contributed by atoms with E-state index >= 15 is 0 Å². The van der Waals surface area contributed by atoms with Gasteiger partial charge in [-0.2, -0.15) is 0 Å². The number of hydrogen-bond acceptors (Lipinski definition) is 13. The van der Waals surface area contributed by atoms with Crippen LogP contribution in [0.2, 0.25) is 0 Å². The topological polar surface area (TPSA) is 197 Å². The van der Waals surface area contributed by atoms with E-state index in [2.05, 4.69) is 0 Å². The molecular weight excluding hydrogens is 544 g/mol. The highest BCUT2D eigenvalue weighted by atomic mass is 16.7. The van der Waals surface area contributed by atoms with E-state index in [1.807, 2.05) is 24.3 Å². The number of aliphatic hydroxyl groups is 7. The fraction of sp³-hybridized carbons (Fsp3) is 0.500. The average Bonchev–Trinajstić information content (AvgIpc) is 2.99. The van der Waals surface area contributed by atoms with Gasteiger partial charge >= 0.3 is 0 Å². The first-order valence-corrected chi connectivity index (χ1v) is 12.9. The van der Waals surface area contributed by atoms with Crippen LogP contribution in [0.15, 0.2) is 42.5 Å². The Labute approximate surface area is 236 Å². The van der Waals surface area contributed by atoms with Crippen molar-refractivity contribution in [3.63, 3.8) is 0 Å². The first-order valence-electron chi connectivity index (χ1n) is 12.9. The molecular formula is C28H36O13. The zero-order valence-electron chi connectivity index (χ0n) is 22.5. The summed E-state index contributed by atoms with van der Waals surface area (Å²) in [6, 6.07) is 12.3. The third-order valence-electron chi connectivity index (χ3n) is 6.94. The van der Waals surface area contributed by atoms with Crippen molar-refractivity contribution in [2.45, 2.75) is 61.4 Å². The van der Waals surface area contributed by atoms with Crippen LogP contribution in [0.5, 0.6) is 17.2 Å². The van der Waals surface area contributed by atoms with Crippen LogP contribution in [0.1, 0.15) is 11.1 Å². The molecule has 7 N–H and O–H groups in total. The van der Waals surface area contributed by atoms with Crippen molar-refractivity contribution in [2.24, 2.45) is 0 Å². The van der Waals surface area contributed by atoms with E-state index in [4.69, 9.17) is 28.4 Å². The Kier molecular flexibility index (Phi) is 10.5. The summed E-state index contributed by atoms with van der Waals surface area (Å²) in [6.07, 6.45) is -11.6. The smallest absolute Gasteiger partial charge is 0.229 e. The molecule has 10 unspecified atom stereocenters. The molecule has 13 heteroatoms. The van der Waals surface area contributed by atoms with Crippen LogP contribution in [-0.2, 0) is 14.2 Å². The number of aliphatic hydroxyl groups excluding tert-OH is 7. The number of methoxy groups -OCH3 is 2. The molecule has 2 aliphatic rings. The van der Waals surface area contributed by atoms with Gasteiger partial charge in [-0.3, -0.25) is 0 Å². The van der Waals surface area contributed by atoms with Gasteiger partial charge < -0.3 is 64.2 Å². The SMILES string of the molecule is COc1cc(/C=C/c2ccc(OC3OC(CO)C(O)C(OC4OC(CO)C(O)C(O)C4O)C3O)cc2)cc(OC)c1. The molecule has 2 aromatic carbocycles. The standard InChI is InChI=1S/C28H36O13/c1-36-17-9-15(10-18(11-17)37-2)4-3-14-5-7-16(8-6-14)38-28-25(35)26(22(32)20(13-30)40-28)41-27-24(34)23(33)21(31)19(12-29)39-27/h3-11,19-35H,12-13H2,1-2H3/b4-3+. The molecule has 0 radical (unpaired) electrons. The molecule has 2 saturated heterocycles. The van der Waals surface area contributed by atoms with Gasteiger partial charge in [-0.15, -0.1) is 0 Å². The monoisotopic (exact) mass is 580 g/mol. The Bertz CT molecular complexity index is 1120. The summed E-state index contributed by atoms with van der Waals surface area (Å²) in [5.74, 6) is 1.60. The number of ether oxygens (including phenoxy) is 6. The van der Waals surface area contributed by atoms with Crippen molar-refractivity contribution in [3.05, 3.63) is 53.6 Å². The summed E-state index contributed by atoms with van der Waals surface area (Å²) >= 11 is 0. The summed E-state index contributed by atoms with van der Waals surface area (Å²) < 4.78 is 32.8. The predicted octanol–water partition coefficient (Wildman–Crippen LogP) is -1.12. The molecule has 13 nitrogen and oxygen atoms in total. The quantitative estimate of drug-likeness (QED) is 0.167. The molecule has 10 atom stereocenters. The van der Waals surface area contributed by atoms with Crippen LogP contribution in [-0.4, -0.2) is 125 Å². The molecule has 0 saturated carbocycles. The van der Waals surface area contributed by atoms with Crippen molar-refractivity contribution in [1.29, 1.82) is 0 Å². The van der Waals surface area contributed by atoms with Crippen LogP contribution >= 0.6 is 0 Å². The lowest BCUT2D eigenvalue weighted by Gasteiger charge is -2.45. The van der Waals surface area contributed by atoms with E-state index < -0.39 is 74.6 Å². The normalized spacial score (nSPS) is 34.0. The summed E-state index contributed by atoms with van der Waals surface area (Å²) in [4.78, 5) is 0. The van der Waals surface area contributed by atoms with Crippen molar-refractivity contribution in [3.8, 4) is 17.2 Å². The highest BCUT2D eigenvalue weighted by Crippen LogP contribution is 2.31. The minimum absolute atomic E-state index is 0.300. The first-order chi connectivity index (χ1) is 19.7. The Morgan fingerprint density at radius 2 is 1.20 bits per heavy atom. The largest absolute Gasteiger partial charge is 0.497 e. The van der Waals surface area contributed by atoms with E-state index in [0.29, 0.717) is 17.2 Å². The molecule has 0 amide bonds. The van der Waals surface area contributed by atoms with Gasteiger partial charge in [0.2, 0.25) is 6.29 Å². The second kappa shape index (κ2) is 13.9. The Morgan fingerprint density at radius 1 is 0.634 bits per heavy atom. The molecule has 0 bridgehead atoms. The predicted molar refractivity (Wildman–Crippen MR) is 142 cm³/mol. The maximum atomic E-state index is 10.9. The van der Waals surface area contributed by atoms with Gasteiger partial charge in [0.15, 0.2) is 6.29 Å². The highest BCUT2D eigenvalue weighted by molar-refractivity contribution is 5.71. The Morgan fingerprint density at radius 3 is 1.78 bits per heavy atom. The van der Waals surface area contributed by atoms with Crippen LogP contribution in [0, 0.1) is 0 Å². The van der Waals surface area contributed by atoms with E-state index in [9.17, 15) is 35.7 Å². The maximum absolute atomic E-state index is 10.9. The van der Waals surface area contributed by atoms with Crippen molar-refractivity contribution in [1.82, 2.24) is 0 Å². The molecule has 2 aromatic rings. The summed E-state index contributed by atoms with van der Waals surface area (Å²) in [6.45, 7) is -1.34. The van der Waals surface area contributed by atoms with E-state index in [1.165, 1.54) is 0 Å². The molecule has 2 aliphatic heterocycles. The van der Waals surface area contributed by atoms with Crippen LogP contribution in [0.25, 0.3) is 12.2 Å². The Hall–Kier alpha value is -2.82. The van der Waals surface area contributed by atoms with Gasteiger partial charge in [-0.25, -0.2) is 0 Å². The number of benzene rings is 2. The second-order valence-electron chi connectivity index (χ2n) is 9.67. The minimum atomic E-state index is -1.76. The number of hydrogen-bond donors (Lipinski definition) is 7. The Balaban J connectivity index is 1.44. The number of rotatable bonds is 10. The van der Waals surface area contributed by atoms with Gasteiger partial charge in [-0.1, -0.05) is 24.3 Å². The van der Waals surface area contributed by atoms with E-state index in [0.717, 1.165) is 11.1 Å². The second-order valence-corrected chi connectivity index (χ2v) is 9.67. The van der Waals surface area contributed by atoms with Gasteiger partial charge in [0.25, 0.3) is 0 Å². The van der Waals surface area contributed by atoms with Gasteiger partial charge in [0.1, 0.15) is 66.1 Å². The molecule has 226 valence electrons. The average molecular weight is 581 g/mol. The van der Waals surface area contributed by atoms with Crippen molar-refractivity contribution >= 4 is 12.2 Å². The highest BCUT2D eigenvalue weighted by Gasteiger charge is 2.51. The third kappa shape index (κ3) is 7.16. The van der Waals surface area contributed by atoms with Gasteiger partial charge in [-0.05, 0) is 35.4 Å².